The van der Waals surface area contributed by atoms with Gasteiger partial charge in [-0.3, -0.25) is 24.7 Å². The second-order valence-electron chi connectivity index (χ2n) is 12.1. The molecule has 51 heavy (non-hydrogen) atoms. The Hall–Kier alpha value is -6.35. The molecule has 6 rings (SSSR count). The van der Waals surface area contributed by atoms with Crippen LogP contribution in [0.4, 0.5) is 33.6 Å². The first-order chi connectivity index (χ1) is 24.6. The van der Waals surface area contributed by atoms with Crippen LogP contribution in [0.3, 0.4) is 0 Å². The van der Waals surface area contributed by atoms with Gasteiger partial charge in [-0.15, -0.1) is 5.10 Å². The average Bonchev–Trinajstić information content (AvgIpc) is 3.47. The summed E-state index contributed by atoms with van der Waals surface area (Å²) < 4.78 is 7.86. The maximum atomic E-state index is 12.5. The normalized spacial score (nSPS) is 12.9. The molecular formula is C36H39N11O4. The molecule has 3 aromatic heterocycles. The maximum Gasteiger partial charge on any atom is 0.329 e. The highest BCUT2D eigenvalue weighted by Crippen LogP contribution is 2.38. The Labute approximate surface area is 294 Å². The van der Waals surface area contributed by atoms with E-state index in [9.17, 15) is 14.4 Å². The highest BCUT2D eigenvalue weighted by atomic mass is 16.5. The minimum Gasteiger partial charge on any atom is -0.494 e. The Morgan fingerprint density at radius 1 is 1.08 bits per heavy atom. The van der Waals surface area contributed by atoms with Crippen molar-refractivity contribution in [1.29, 1.82) is 0 Å². The van der Waals surface area contributed by atoms with Gasteiger partial charge in [-0.05, 0) is 43.5 Å². The number of hydrogen-bond donors (Lipinski definition) is 3. The van der Waals surface area contributed by atoms with Crippen molar-refractivity contribution in [3.8, 4) is 17.0 Å². The number of urea groups is 1. The summed E-state index contributed by atoms with van der Waals surface area (Å²) in [5.41, 5.74) is 5.41. The number of nitrogens with zero attached hydrogens (tertiary/aromatic N) is 8. The number of aryl methyl sites for hydroxylation is 1. The highest BCUT2D eigenvalue weighted by Gasteiger charge is 2.25. The van der Waals surface area contributed by atoms with Gasteiger partial charge in [-0.25, -0.2) is 14.8 Å². The molecule has 5 aromatic rings. The summed E-state index contributed by atoms with van der Waals surface area (Å²) >= 11 is 0. The van der Waals surface area contributed by atoms with E-state index < -0.39 is 6.03 Å². The molecule has 1 aliphatic rings. The lowest BCUT2D eigenvalue weighted by atomic mass is 10.1. The van der Waals surface area contributed by atoms with Crippen molar-refractivity contribution in [2.45, 2.75) is 13.0 Å². The molecule has 262 valence electrons. The van der Waals surface area contributed by atoms with Gasteiger partial charge in [0.2, 0.25) is 17.8 Å². The summed E-state index contributed by atoms with van der Waals surface area (Å²) in [7, 11) is 7.48. The molecule has 0 saturated carbocycles. The number of likely N-dealkylation sites (N-methyl/N-ethyl adjacent to an activating group) is 2. The minimum absolute atomic E-state index is 0.213. The van der Waals surface area contributed by atoms with Gasteiger partial charge in [0.15, 0.2) is 5.82 Å². The van der Waals surface area contributed by atoms with Crippen LogP contribution >= 0.6 is 0 Å². The smallest absolute Gasteiger partial charge is 0.329 e. The summed E-state index contributed by atoms with van der Waals surface area (Å²) in [6.45, 7) is 5.61. The van der Waals surface area contributed by atoms with Crippen LogP contribution in [0.2, 0.25) is 0 Å². The van der Waals surface area contributed by atoms with Crippen LogP contribution in [0, 0.1) is 0 Å². The number of rotatable bonds is 13. The van der Waals surface area contributed by atoms with Gasteiger partial charge in [0.05, 0.1) is 35.6 Å². The molecule has 2 aromatic carbocycles. The second kappa shape index (κ2) is 15.0. The second-order valence-corrected chi connectivity index (χ2v) is 12.1. The molecule has 15 heteroatoms. The van der Waals surface area contributed by atoms with E-state index >= 15 is 0 Å². The molecule has 1 aliphatic heterocycles. The molecule has 1 saturated heterocycles. The van der Waals surface area contributed by atoms with Crippen molar-refractivity contribution in [2.75, 3.05) is 61.3 Å². The first-order valence-corrected chi connectivity index (χ1v) is 16.3. The van der Waals surface area contributed by atoms with E-state index in [4.69, 9.17) is 9.72 Å². The summed E-state index contributed by atoms with van der Waals surface area (Å²) in [5.74, 6) is 0.622. The Morgan fingerprint density at radius 3 is 2.65 bits per heavy atom. The summed E-state index contributed by atoms with van der Waals surface area (Å²) in [6, 6.07) is 16.7. The molecule has 3 N–H and O–H groups in total. The standard InChI is InChI=1S/C36H39N11O4/c1-6-33(48)38-27-19-28(40-35-37-15-13-26(39-35)25-22-46(4)29-10-8-7-9-24(25)29)31(51-5)20-30(27)45(3)18-17-44(2)21-23-11-12-32(43-42-23)47-16-14-34(49)41-36(47)50/h6-13,15,19-20,22H,1,14,16-18,21H2,2-5H3,(H,38,48)(H,37,39,40)(H,41,49,50). The summed E-state index contributed by atoms with van der Waals surface area (Å²) in [5, 5.41) is 18.1. The molecule has 0 bridgehead atoms. The van der Waals surface area contributed by atoms with Crippen molar-refractivity contribution >= 4 is 57.6 Å². The number of carbonyl (C=O) groups excluding carboxylic acids is 3. The van der Waals surface area contributed by atoms with Gasteiger partial charge in [0, 0.05) is 81.6 Å². The Balaban J connectivity index is 1.16. The number of amides is 4. The number of imide groups is 1. The topological polar surface area (TPSA) is 163 Å². The molecule has 0 radical (unpaired) electrons. The monoisotopic (exact) mass is 689 g/mol. The number of ether oxygens (including phenoxy) is 1. The first-order valence-electron chi connectivity index (χ1n) is 16.3. The third-order valence-electron chi connectivity index (χ3n) is 8.53. The first kappa shape index (κ1) is 34.5. The van der Waals surface area contributed by atoms with Gasteiger partial charge in [0.1, 0.15) is 5.75 Å². The van der Waals surface area contributed by atoms with Crippen LogP contribution < -0.4 is 30.5 Å². The summed E-state index contributed by atoms with van der Waals surface area (Å²) in [6.07, 6.45) is 5.18. The van der Waals surface area contributed by atoms with Crippen molar-refractivity contribution in [3.63, 3.8) is 0 Å². The van der Waals surface area contributed by atoms with E-state index in [-0.39, 0.29) is 24.8 Å². The number of benzene rings is 2. The predicted molar refractivity (Wildman–Crippen MR) is 196 cm³/mol. The van der Waals surface area contributed by atoms with Crippen molar-refractivity contribution in [2.24, 2.45) is 7.05 Å². The number of nitrogens with one attached hydrogen (secondary N) is 3. The van der Waals surface area contributed by atoms with E-state index in [2.05, 4.69) is 59.3 Å². The molecule has 4 amide bonds. The number of para-hydroxylation sites is 1. The quantitative estimate of drug-likeness (QED) is 0.151. The number of hydrogen-bond acceptors (Lipinski definition) is 11. The SMILES string of the molecule is C=CC(=O)Nc1cc(Nc2nccc(-c3cn(C)c4ccccc34)n2)c(OC)cc1N(C)CCN(C)Cc1ccc(N2CCC(=O)NC2=O)nn1. The molecule has 0 aliphatic carbocycles. The number of carbonyl (C=O) groups is 3. The van der Waals surface area contributed by atoms with Gasteiger partial charge in [-0.2, -0.15) is 5.10 Å². The van der Waals surface area contributed by atoms with Crippen molar-refractivity contribution in [3.05, 3.63) is 85.3 Å². The molecule has 0 spiro atoms. The fraction of sp³-hybridized carbons (Fsp3) is 0.250. The third-order valence-corrected chi connectivity index (χ3v) is 8.53. The van der Waals surface area contributed by atoms with Crippen LogP contribution in [0.15, 0.2) is 79.6 Å². The zero-order valence-electron chi connectivity index (χ0n) is 28.9. The Kier molecular flexibility index (Phi) is 10.2. The van der Waals surface area contributed by atoms with Gasteiger partial charge < -0.3 is 24.8 Å². The third kappa shape index (κ3) is 7.78. The van der Waals surface area contributed by atoms with Crippen LogP contribution in [0.25, 0.3) is 22.2 Å². The zero-order valence-corrected chi connectivity index (χ0v) is 28.9. The largest absolute Gasteiger partial charge is 0.494 e. The van der Waals surface area contributed by atoms with Gasteiger partial charge in [0.25, 0.3) is 0 Å². The van der Waals surface area contributed by atoms with Gasteiger partial charge in [-0.1, -0.05) is 24.8 Å². The number of anilines is 5. The van der Waals surface area contributed by atoms with E-state index in [0.29, 0.717) is 48.5 Å². The lowest BCUT2D eigenvalue weighted by Crippen LogP contribution is -2.50. The summed E-state index contributed by atoms with van der Waals surface area (Å²) in [4.78, 5) is 50.9. The number of fused-ring (bicyclic) bond motifs is 1. The number of aromatic nitrogens is 5. The maximum absolute atomic E-state index is 12.5. The number of methoxy groups -OCH3 is 1. The zero-order chi connectivity index (χ0) is 36.1. The van der Waals surface area contributed by atoms with E-state index in [1.807, 2.05) is 62.6 Å². The van der Waals surface area contributed by atoms with Crippen LogP contribution in [-0.2, 0) is 23.2 Å². The van der Waals surface area contributed by atoms with E-state index in [1.54, 1.807) is 25.4 Å². The highest BCUT2D eigenvalue weighted by molar-refractivity contribution is 6.05. The Morgan fingerprint density at radius 2 is 1.90 bits per heavy atom. The average molecular weight is 690 g/mol. The molecule has 15 nitrogen and oxygen atoms in total. The fourth-order valence-electron chi connectivity index (χ4n) is 5.83. The molecule has 0 atom stereocenters. The molecule has 0 unspecified atom stereocenters. The molecule has 1 fully saturated rings. The Bertz CT molecular complexity index is 2100. The molecular weight excluding hydrogens is 650 g/mol. The lowest BCUT2D eigenvalue weighted by Gasteiger charge is -2.27. The van der Waals surface area contributed by atoms with Crippen molar-refractivity contribution in [1.82, 2.24) is 34.9 Å². The fourth-order valence-corrected chi connectivity index (χ4v) is 5.83. The van der Waals surface area contributed by atoms with Crippen LogP contribution in [0.5, 0.6) is 5.75 Å². The lowest BCUT2D eigenvalue weighted by molar-refractivity contribution is -0.120. The van der Waals surface area contributed by atoms with Crippen LogP contribution in [-0.4, -0.2) is 88.3 Å². The molecule has 4 heterocycles. The van der Waals surface area contributed by atoms with Crippen molar-refractivity contribution < 1.29 is 19.1 Å². The minimum atomic E-state index is -0.503. The van der Waals surface area contributed by atoms with Gasteiger partial charge >= 0.3 is 6.03 Å². The van der Waals surface area contributed by atoms with E-state index in [1.165, 1.54) is 11.0 Å². The van der Waals surface area contributed by atoms with E-state index in [0.717, 1.165) is 33.5 Å². The predicted octanol–water partition coefficient (Wildman–Crippen LogP) is 4.32. The van der Waals surface area contributed by atoms with Crippen LogP contribution in [0.1, 0.15) is 12.1 Å².